The molecule has 0 radical (unpaired) electrons. The van der Waals surface area contributed by atoms with Gasteiger partial charge in [-0.1, -0.05) is 32.0 Å². The van der Waals surface area contributed by atoms with Crippen LogP contribution >= 0.6 is 0 Å². The molecule has 0 amide bonds. The molecule has 0 atom stereocenters. The molecule has 1 aliphatic heterocycles. The Hall–Kier alpha value is -2.72. The lowest BCUT2D eigenvalue weighted by atomic mass is 10.1. The molecule has 0 spiro atoms. The summed E-state index contributed by atoms with van der Waals surface area (Å²) in [6, 6.07) is 18.0. The maximum absolute atomic E-state index is 12.9. The van der Waals surface area contributed by atoms with E-state index in [9.17, 15) is 8.42 Å². The predicted octanol–water partition coefficient (Wildman–Crippen LogP) is 3.25. The molecule has 9 heteroatoms. The van der Waals surface area contributed by atoms with Crippen LogP contribution in [0, 0.1) is 0 Å². The fourth-order valence-electron chi connectivity index (χ4n) is 4.30. The van der Waals surface area contributed by atoms with Crippen molar-refractivity contribution in [3.05, 3.63) is 66.4 Å². The third-order valence-electron chi connectivity index (χ3n) is 6.26. The minimum absolute atomic E-state index is 0.489. The normalized spacial score (nSPS) is 15.6. The summed E-state index contributed by atoms with van der Waals surface area (Å²) in [6.07, 6.45) is 2.08. The number of para-hydroxylation sites is 1. The van der Waals surface area contributed by atoms with E-state index in [0.717, 1.165) is 28.3 Å². The molecule has 1 aliphatic rings. The highest BCUT2D eigenvalue weighted by Gasteiger charge is 2.31. The van der Waals surface area contributed by atoms with Crippen molar-refractivity contribution in [1.82, 2.24) is 23.3 Å². The quantitative estimate of drug-likeness (QED) is 0.467. The van der Waals surface area contributed by atoms with Crippen molar-refractivity contribution < 1.29 is 13.2 Å². The van der Waals surface area contributed by atoms with Gasteiger partial charge >= 0.3 is 0 Å². The van der Waals surface area contributed by atoms with E-state index in [-0.39, 0.29) is 0 Å². The molecule has 182 valence electrons. The number of hydrogen-bond acceptors (Lipinski definition) is 5. The van der Waals surface area contributed by atoms with E-state index in [1.165, 1.54) is 4.31 Å². The number of methoxy groups -OCH3 is 1. The van der Waals surface area contributed by atoms with Crippen LogP contribution in [-0.2, 0) is 16.8 Å². The molecule has 1 aromatic heterocycles. The first-order chi connectivity index (χ1) is 16.5. The molecule has 0 N–H and O–H groups in total. The Morgan fingerprint density at radius 2 is 1.59 bits per heavy atom. The Labute approximate surface area is 202 Å². The topological polar surface area (TPSA) is 70.9 Å². The third-order valence-corrected chi connectivity index (χ3v) is 8.44. The van der Waals surface area contributed by atoms with Crippen LogP contribution in [0.2, 0.25) is 0 Å². The van der Waals surface area contributed by atoms with Crippen molar-refractivity contribution in [2.75, 3.05) is 46.4 Å². The summed E-state index contributed by atoms with van der Waals surface area (Å²) in [5, 5.41) is 4.91. The minimum atomic E-state index is -3.40. The van der Waals surface area contributed by atoms with Gasteiger partial charge in [0.25, 0.3) is 10.2 Å². The molecule has 2 heterocycles. The Bertz CT molecular complexity index is 1170. The van der Waals surface area contributed by atoms with E-state index in [2.05, 4.69) is 11.1 Å². The zero-order valence-electron chi connectivity index (χ0n) is 20.1. The standard InChI is InChI=1S/C25H33N5O3S/c1-4-28(5-2)34(31,32)29-17-15-27(16-18-29)19-22-20-30(23-9-7-6-8-10-23)26-25(22)21-11-13-24(33-3)14-12-21/h6-14,20H,4-5,15-19H2,1-3H3. The molecule has 0 saturated carbocycles. The van der Waals surface area contributed by atoms with Crippen molar-refractivity contribution in [1.29, 1.82) is 0 Å². The summed E-state index contributed by atoms with van der Waals surface area (Å²) in [5.74, 6) is 0.804. The number of ether oxygens (including phenoxy) is 1. The Morgan fingerprint density at radius 3 is 2.18 bits per heavy atom. The van der Waals surface area contributed by atoms with Crippen LogP contribution in [0.3, 0.4) is 0 Å². The highest BCUT2D eigenvalue weighted by molar-refractivity contribution is 7.86. The fourth-order valence-corrected chi connectivity index (χ4v) is 5.91. The highest BCUT2D eigenvalue weighted by atomic mass is 32.2. The van der Waals surface area contributed by atoms with Gasteiger partial charge in [0.05, 0.1) is 18.5 Å². The fraction of sp³-hybridized carbons (Fsp3) is 0.400. The van der Waals surface area contributed by atoms with Crippen molar-refractivity contribution in [2.45, 2.75) is 20.4 Å². The lowest BCUT2D eigenvalue weighted by molar-refractivity contribution is 0.175. The molecule has 2 aromatic carbocycles. The van der Waals surface area contributed by atoms with Gasteiger partial charge in [0, 0.05) is 63.1 Å². The molecule has 3 aromatic rings. The van der Waals surface area contributed by atoms with Crippen LogP contribution in [0.5, 0.6) is 5.75 Å². The average Bonchev–Trinajstić information content (AvgIpc) is 3.29. The third kappa shape index (κ3) is 5.17. The van der Waals surface area contributed by atoms with Crippen LogP contribution in [0.15, 0.2) is 60.8 Å². The maximum atomic E-state index is 12.9. The van der Waals surface area contributed by atoms with Gasteiger partial charge in [-0.3, -0.25) is 4.90 Å². The van der Waals surface area contributed by atoms with E-state index >= 15 is 0 Å². The van der Waals surface area contributed by atoms with Crippen LogP contribution < -0.4 is 4.74 Å². The molecule has 1 saturated heterocycles. The summed E-state index contributed by atoms with van der Waals surface area (Å²) in [6.45, 7) is 7.77. The first-order valence-corrected chi connectivity index (χ1v) is 13.1. The van der Waals surface area contributed by atoms with Crippen molar-refractivity contribution in [2.24, 2.45) is 0 Å². The van der Waals surface area contributed by atoms with Gasteiger partial charge in [0.15, 0.2) is 0 Å². The second-order valence-corrected chi connectivity index (χ2v) is 10.2. The average molecular weight is 484 g/mol. The lowest BCUT2D eigenvalue weighted by Crippen LogP contribution is -2.52. The summed E-state index contributed by atoms with van der Waals surface area (Å²) < 4.78 is 36.1. The van der Waals surface area contributed by atoms with Crippen molar-refractivity contribution in [3.8, 4) is 22.7 Å². The van der Waals surface area contributed by atoms with Gasteiger partial charge in [0.2, 0.25) is 0 Å². The molecule has 34 heavy (non-hydrogen) atoms. The number of aromatic nitrogens is 2. The molecule has 0 aliphatic carbocycles. The number of piperazine rings is 1. The number of hydrogen-bond donors (Lipinski definition) is 0. The van der Waals surface area contributed by atoms with Crippen LogP contribution in [0.1, 0.15) is 19.4 Å². The predicted molar refractivity (Wildman–Crippen MR) is 134 cm³/mol. The van der Waals surface area contributed by atoms with E-state index in [4.69, 9.17) is 9.84 Å². The lowest BCUT2D eigenvalue weighted by Gasteiger charge is -2.36. The summed E-state index contributed by atoms with van der Waals surface area (Å²) in [7, 11) is -1.74. The molecular weight excluding hydrogens is 450 g/mol. The zero-order valence-corrected chi connectivity index (χ0v) is 20.9. The number of nitrogens with zero attached hydrogens (tertiary/aromatic N) is 5. The van der Waals surface area contributed by atoms with Gasteiger partial charge in [0.1, 0.15) is 5.75 Å². The van der Waals surface area contributed by atoms with E-state index in [1.54, 1.807) is 11.4 Å². The smallest absolute Gasteiger partial charge is 0.282 e. The van der Waals surface area contributed by atoms with E-state index in [1.807, 2.05) is 73.1 Å². The number of benzene rings is 2. The van der Waals surface area contributed by atoms with E-state index in [0.29, 0.717) is 45.8 Å². The first-order valence-electron chi connectivity index (χ1n) is 11.7. The molecule has 1 fully saturated rings. The monoisotopic (exact) mass is 483 g/mol. The summed E-state index contributed by atoms with van der Waals surface area (Å²) in [4.78, 5) is 2.30. The van der Waals surface area contributed by atoms with E-state index < -0.39 is 10.2 Å². The molecule has 0 unspecified atom stereocenters. The zero-order chi connectivity index (χ0) is 24.1. The van der Waals surface area contributed by atoms with Gasteiger partial charge in [-0.15, -0.1) is 0 Å². The molecule has 0 bridgehead atoms. The Kier molecular flexibility index (Phi) is 7.67. The van der Waals surface area contributed by atoms with Crippen LogP contribution in [0.25, 0.3) is 16.9 Å². The second-order valence-electron chi connectivity index (χ2n) is 8.28. The van der Waals surface area contributed by atoms with Gasteiger partial charge in [-0.05, 0) is 36.4 Å². The van der Waals surface area contributed by atoms with Gasteiger partial charge in [-0.2, -0.15) is 22.1 Å². The van der Waals surface area contributed by atoms with Gasteiger partial charge < -0.3 is 4.74 Å². The molecular formula is C25H33N5O3S. The van der Waals surface area contributed by atoms with Crippen LogP contribution in [-0.4, -0.2) is 78.1 Å². The van der Waals surface area contributed by atoms with Crippen LogP contribution in [0.4, 0.5) is 0 Å². The molecule has 8 nitrogen and oxygen atoms in total. The maximum Gasteiger partial charge on any atom is 0.282 e. The summed E-state index contributed by atoms with van der Waals surface area (Å²) in [5.41, 5.74) is 4.05. The number of rotatable bonds is 9. The Balaban J connectivity index is 1.55. The highest BCUT2D eigenvalue weighted by Crippen LogP contribution is 2.27. The SMILES string of the molecule is CCN(CC)S(=O)(=O)N1CCN(Cc2cn(-c3ccccc3)nc2-c2ccc(OC)cc2)CC1. The van der Waals surface area contributed by atoms with Crippen molar-refractivity contribution in [3.63, 3.8) is 0 Å². The first kappa shape index (κ1) is 24.4. The largest absolute Gasteiger partial charge is 0.497 e. The Morgan fingerprint density at radius 1 is 0.941 bits per heavy atom. The summed E-state index contributed by atoms with van der Waals surface area (Å²) >= 11 is 0. The van der Waals surface area contributed by atoms with Gasteiger partial charge in [-0.25, -0.2) is 4.68 Å². The molecule has 4 rings (SSSR count). The van der Waals surface area contributed by atoms with Crippen molar-refractivity contribution >= 4 is 10.2 Å². The second kappa shape index (κ2) is 10.7. The minimum Gasteiger partial charge on any atom is -0.497 e.